The number of benzene rings is 1. The quantitative estimate of drug-likeness (QED) is 0.901. The molecule has 3 rings (SSSR count). The zero-order valence-electron chi connectivity index (χ0n) is 11.8. The minimum absolute atomic E-state index is 0.182. The lowest BCUT2D eigenvalue weighted by Crippen LogP contribution is -2.55. The first-order valence-electron chi connectivity index (χ1n) is 7.50. The molecule has 1 amide bonds. The maximum atomic E-state index is 12.4. The van der Waals surface area contributed by atoms with E-state index in [1.807, 2.05) is 11.0 Å². The zero-order chi connectivity index (χ0) is 13.8. The van der Waals surface area contributed by atoms with Crippen LogP contribution in [0.25, 0.3) is 0 Å². The first-order chi connectivity index (χ1) is 9.83. The van der Waals surface area contributed by atoms with Crippen LogP contribution >= 0.6 is 0 Å². The van der Waals surface area contributed by atoms with Gasteiger partial charge in [-0.15, -0.1) is 0 Å². The number of carbonyl (C=O) groups excluding carboxylic acids is 1. The molecule has 2 saturated heterocycles. The summed E-state index contributed by atoms with van der Waals surface area (Å²) in [5.74, 6) is 0.182. The molecule has 2 fully saturated rings. The smallest absolute Gasteiger partial charge is 0.251 e. The fourth-order valence-corrected chi connectivity index (χ4v) is 3.04. The number of piperazine rings is 1. The van der Waals surface area contributed by atoms with Crippen molar-refractivity contribution in [1.29, 1.82) is 0 Å². The van der Waals surface area contributed by atoms with Crippen molar-refractivity contribution < 1.29 is 9.53 Å². The molecule has 2 aliphatic heterocycles. The summed E-state index contributed by atoms with van der Waals surface area (Å²) in [7, 11) is 0. The van der Waals surface area contributed by atoms with Gasteiger partial charge in [-0.3, -0.25) is 4.79 Å². The predicted octanol–water partition coefficient (Wildman–Crippen LogP) is 1.21. The third-order valence-corrected chi connectivity index (χ3v) is 4.10. The van der Waals surface area contributed by atoms with E-state index in [1.165, 1.54) is 5.56 Å². The molecule has 1 aromatic carbocycles. The van der Waals surface area contributed by atoms with Crippen LogP contribution in [-0.4, -0.2) is 49.2 Å². The average Bonchev–Trinajstić information content (AvgIpc) is 3.02. The Morgan fingerprint density at radius 1 is 1.35 bits per heavy atom. The third kappa shape index (κ3) is 3.19. The fraction of sp³-hybridized carbons (Fsp3) is 0.562. The molecule has 4 heteroatoms. The van der Waals surface area contributed by atoms with E-state index in [4.69, 9.17) is 4.74 Å². The molecule has 4 nitrogen and oxygen atoms in total. The summed E-state index contributed by atoms with van der Waals surface area (Å²) in [5.41, 5.74) is 1.32. The molecule has 1 aromatic rings. The molecular weight excluding hydrogens is 252 g/mol. The maximum Gasteiger partial charge on any atom is 0.251 e. The second-order valence-electron chi connectivity index (χ2n) is 5.63. The van der Waals surface area contributed by atoms with Crippen LogP contribution in [0.3, 0.4) is 0 Å². The number of carbonyl (C=O) groups is 1. The largest absolute Gasteiger partial charge is 0.368 e. The molecule has 2 aliphatic rings. The van der Waals surface area contributed by atoms with Gasteiger partial charge in [0.25, 0.3) is 5.91 Å². The number of rotatable bonds is 3. The van der Waals surface area contributed by atoms with E-state index < -0.39 is 0 Å². The monoisotopic (exact) mass is 274 g/mol. The van der Waals surface area contributed by atoms with Crippen LogP contribution < -0.4 is 5.32 Å². The van der Waals surface area contributed by atoms with E-state index in [0.717, 1.165) is 45.5 Å². The van der Waals surface area contributed by atoms with Crippen molar-refractivity contribution in [3.8, 4) is 0 Å². The first kappa shape index (κ1) is 13.6. The summed E-state index contributed by atoms with van der Waals surface area (Å²) in [6, 6.07) is 10.8. The van der Waals surface area contributed by atoms with Gasteiger partial charge in [0.2, 0.25) is 0 Å². The van der Waals surface area contributed by atoms with E-state index in [9.17, 15) is 4.79 Å². The summed E-state index contributed by atoms with van der Waals surface area (Å²) in [4.78, 5) is 14.3. The number of amides is 1. The molecule has 0 spiro atoms. The lowest BCUT2D eigenvalue weighted by atomic mass is 10.0. The lowest BCUT2D eigenvalue weighted by Gasteiger charge is -2.35. The van der Waals surface area contributed by atoms with Gasteiger partial charge in [-0.25, -0.2) is 0 Å². The van der Waals surface area contributed by atoms with Crippen LogP contribution in [0.2, 0.25) is 0 Å². The molecule has 0 aliphatic carbocycles. The van der Waals surface area contributed by atoms with Crippen molar-refractivity contribution in [1.82, 2.24) is 10.2 Å². The van der Waals surface area contributed by atoms with Crippen molar-refractivity contribution in [3.05, 3.63) is 35.9 Å². The van der Waals surface area contributed by atoms with Crippen LogP contribution in [0.4, 0.5) is 0 Å². The summed E-state index contributed by atoms with van der Waals surface area (Å²) >= 11 is 0. The minimum Gasteiger partial charge on any atom is -0.368 e. The Kier molecular flexibility index (Phi) is 4.33. The molecule has 0 radical (unpaired) electrons. The highest BCUT2D eigenvalue weighted by atomic mass is 16.5. The van der Waals surface area contributed by atoms with Gasteiger partial charge >= 0.3 is 0 Å². The highest BCUT2D eigenvalue weighted by molar-refractivity contribution is 5.81. The predicted molar refractivity (Wildman–Crippen MR) is 77.5 cm³/mol. The van der Waals surface area contributed by atoms with E-state index in [0.29, 0.717) is 6.04 Å². The van der Waals surface area contributed by atoms with Crippen molar-refractivity contribution in [3.63, 3.8) is 0 Å². The zero-order valence-corrected chi connectivity index (χ0v) is 11.8. The Labute approximate surface area is 120 Å². The van der Waals surface area contributed by atoms with Crippen LogP contribution in [-0.2, 0) is 16.0 Å². The maximum absolute atomic E-state index is 12.4. The summed E-state index contributed by atoms with van der Waals surface area (Å²) in [5, 5.41) is 3.51. The molecule has 108 valence electrons. The lowest BCUT2D eigenvalue weighted by molar-refractivity contribution is -0.142. The first-order valence-corrected chi connectivity index (χ1v) is 7.50. The Balaban J connectivity index is 1.57. The van der Waals surface area contributed by atoms with E-state index >= 15 is 0 Å². The number of hydrogen-bond acceptors (Lipinski definition) is 3. The van der Waals surface area contributed by atoms with Crippen molar-refractivity contribution in [2.45, 2.75) is 31.4 Å². The third-order valence-electron chi connectivity index (χ3n) is 4.10. The molecule has 0 aromatic heterocycles. The minimum atomic E-state index is -0.189. The van der Waals surface area contributed by atoms with Gasteiger partial charge in [-0.05, 0) is 24.8 Å². The van der Waals surface area contributed by atoms with Gasteiger partial charge in [0.1, 0.15) is 6.10 Å². The van der Waals surface area contributed by atoms with Gasteiger partial charge < -0.3 is 15.0 Å². The molecule has 2 heterocycles. The van der Waals surface area contributed by atoms with Crippen LogP contribution in [0, 0.1) is 0 Å². The Bertz CT molecular complexity index is 443. The van der Waals surface area contributed by atoms with Gasteiger partial charge in [-0.1, -0.05) is 30.3 Å². The van der Waals surface area contributed by atoms with Gasteiger partial charge in [0.15, 0.2) is 0 Å². The molecule has 1 N–H and O–H groups in total. The van der Waals surface area contributed by atoms with Gasteiger partial charge in [-0.2, -0.15) is 0 Å². The molecule has 0 saturated carbocycles. The van der Waals surface area contributed by atoms with Crippen LogP contribution in [0.5, 0.6) is 0 Å². The standard InChI is InChI=1S/C16H22N2O2/c19-16(15-7-4-10-20-15)18-9-8-17-14(12-18)11-13-5-2-1-3-6-13/h1-3,5-6,14-15,17H,4,7-12H2. The fourth-order valence-electron chi connectivity index (χ4n) is 3.04. The summed E-state index contributed by atoms with van der Waals surface area (Å²) in [6.07, 6.45) is 2.67. The van der Waals surface area contributed by atoms with Crippen molar-refractivity contribution >= 4 is 5.91 Å². The Morgan fingerprint density at radius 3 is 2.95 bits per heavy atom. The Morgan fingerprint density at radius 2 is 2.20 bits per heavy atom. The Hall–Kier alpha value is -1.39. The summed E-state index contributed by atoms with van der Waals surface area (Å²) in [6.45, 7) is 3.18. The van der Waals surface area contributed by atoms with Crippen molar-refractivity contribution in [2.75, 3.05) is 26.2 Å². The van der Waals surface area contributed by atoms with E-state index in [-0.39, 0.29) is 12.0 Å². The topological polar surface area (TPSA) is 41.6 Å². The molecule has 20 heavy (non-hydrogen) atoms. The normalized spacial score (nSPS) is 26.7. The second-order valence-corrected chi connectivity index (χ2v) is 5.63. The van der Waals surface area contributed by atoms with Crippen LogP contribution in [0.15, 0.2) is 30.3 Å². The van der Waals surface area contributed by atoms with Gasteiger partial charge in [0.05, 0.1) is 0 Å². The van der Waals surface area contributed by atoms with Gasteiger partial charge in [0, 0.05) is 32.3 Å². The molecule has 2 atom stereocenters. The molecular formula is C16H22N2O2. The number of hydrogen-bond donors (Lipinski definition) is 1. The molecule has 2 unspecified atom stereocenters. The highest BCUT2D eigenvalue weighted by Gasteiger charge is 2.31. The van der Waals surface area contributed by atoms with Crippen LogP contribution in [0.1, 0.15) is 18.4 Å². The number of nitrogens with zero attached hydrogens (tertiary/aromatic N) is 1. The summed E-state index contributed by atoms with van der Waals surface area (Å²) < 4.78 is 5.51. The van der Waals surface area contributed by atoms with E-state index in [1.54, 1.807) is 0 Å². The van der Waals surface area contributed by atoms with Crippen molar-refractivity contribution in [2.24, 2.45) is 0 Å². The van der Waals surface area contributed by atoms with E-state index in [2.05, 4.69) is 29.6 Å². The molecule has 0 bridgehead atoms. The second kappa shape index (κ2) is 6.37. The number of nitrogens with one attached hydrogen (secondary N) is 1. The highest BCUT2D eigenvalue weighted by Crippen LogP contribution is 2.16. The SMILES string of the molecule is O=C(C1CCCO1)N1CCNC(Cc2ccccc2)C1. The number of ether oxygens (including phenoxy) is 1. The average molecular weight is 274 g/mol.